The lowest BCUT2D eigenvalue weighted by atomic mass is 10.1. The van der Waals surface area contributed by atoms with E-state index >= 15 is 0 Å². The number of carbonyl (C=O) groups excluding carboxylic acids is 1. The van der Waals surface area contributed by atoms with Gasteiger partial charge in [-0.25, -0.2) is 4.79 Å². The molecule has 0 aliphatic rings. The van der Waals surface area contributed by atoms with E-state index in [9.17, 15) is 9.59 Å². The smallest absolute Gasteiger partial charge is 0.335 e. The molecule has 0 saturated heterocycles. The molecule has 4 nitrogen and oxygen atoms in total. The van der Waals surface area contributed by atoms with Gasteiger partial charge in [-0.2, -0.15) is 0 Å². The summed E-state index contributed by atoms with van der Waals surface area (Å²) in [5.74, 6) is -1.59. The quantitative estimate of drug-likeness (QED) is 0.800. The fraction of sp³-hybridized carbons (Fsp3) is 0. The molecule has 0 bridgehead atoms. The predicted molar refractivity (Wildman–Crippen MR) is 85.5 cm³/mol. The van der Waals surface area contributed by atoms with Crippen molar-refractivity contribution in [1.29, 1.82) is 0 Å². The van der Waals surface area contributed by atoms with Gasteiger partial charge in [-0.1, -0.05) is 29.3 Å². The van der Waals surface area contributed by atoms with Crippen LogP contribution in [0.5, 0.6) is 0 Å². The molecule has 21 heavy (non-hydrogen) atoms. The molecule has 0 radical (unpaired) electrons. The van der Waals surface area contributed by atoms with Crippen LogP contribution in [0.1, 0.15) is 20.7 Å². The normalized spacial score (nSPS) is 10.2. The van der Waals surface area contributed by atoms with Crippen LogP contribution < -0.4 is 5.32 Å². The Hall–Kier alpha value is -1.56. The van der Waals surface area contributed by atoms with Gasteiger partial charge in [0.25, 0.3) is 5.91 Å². The van der Waals surface area contributed by atoms with Crippen LogP contribution in [0.4, 0.5) is 5.69 Å². The Kier molecular flexibility index (Phi) is 4.88. The average Bonchev–Trinajstić information content (AvgIpc) is 2.41. The summed E-state index contributed by atoms with van der Waals surface area (Å²) in [7, 11) is 0. The highest BCUT2D eigenvalue weighted by atomic mass is 79.9. The lowest BCUT2D eigenvalue weighted by Crippen LogP contribution is -2.13. The summed E-state index contributed by atoms with van der Waals surface area (Å²) in [5.41, 5.74) is 0.530. The summed E-state index contributed by atoms with van der Waals surface area (Å²) in [6.07, 6.45) is 0. The number of halogens is 3. The van der Waals surface area contributed by atoms with Crippen molar-refractivity contribution in [3.8, 4) is 0 Å². The molecule has 0 fully saturated rings. The maximum Gasteiger partial charge on any atom is 0.335 e. The molecule has 0 aliphatic heterocycles. The molecule has 0 atom stereocenters. The van der Waals surface area contributed by atoms with E-state index in [-0.39, 0.29) is 26.9 Å². The van der Waals surface area contributed by atoms with E-state index in [0.29, 0.717) is 4.47 Å². The molecule has 0 saturated carbocycles. The SMILES string of the molecule is O=C(O)c1cc(Cl)cc(NC(=O)c2cccc(Br)c2Cl)c1. The number of nitrogens with one attached hydrogen (secondary N) is 1. The Bertz CT molecular complexity index is 734. The van der Waals surface area contributed by atoms with Crippen LogP contribution in [0.15, 0.2) is 40.9 Å². The Labute approximate surface area is 138 Å². The van der Waals surface area contributed by atoms with Crippen LogP contribution in [0.2, 0.25) is 10.0 Å². The molecule has 2 rings (SSSR count). The topological polar surface area (TPSA) is 66.4 Å². The summed E-state index contributed by atoms with van der Waals surface area (Å²) in [4.78, 5) is 23.1. The minimum absolute atomic E-state index is 0.0156. The highest BCUT2D eigenvalue weighted by Gasteiger charge is 2.14. The van der Waals surface area contributed by atoms with E-state index in [2.05, 4.69) is 21.2 Å². The van der Waals surface area contributed by atoms with Crippen LogP contribution in [0, 0.1) is 0 Å². The number of benzene rings is 2. The number of hydrogen-bond donors (Lipinski definition) is 2. The molecule has 2 aromatic rings. The average molecular weight is 389 g/mol. The van der Waals surface area contributed by atoms with Gasteiger partial charge >= 0.3 is 5.97 Å². The first-order chi connectivity index (χ1) is 9.88. The second-order valence-corrected chi connectivity index (χ2v) is 5.76. The summed E-state index contributed by atoms with van der Waals surface area (Å²) in [6, 6.07) is 9.01. The zero-order valence-electron chi connectivity index (χ0n) is 10.4. The number of amides is 1. The van der Waals surface area contributed by atoms with Crippen molar-refractivity contribution >= 4 is 56.7 Å². The fourth-order valence-electron chi connectivity index (χ4n) is 1.66. The Morgan fingerprint density at radius 3 is 2.52 bits per heavy atom. The lowest BCUT2D eigenvalue weighted by molar-refractivity contribution is 0.0696. The molecule has 2 N–H and O–H groups in total. The van der Waals surface area contributed by atoms with Crippen molar-refractivity contribution in [3.63, 3.8) is 0 Å². The van der Waals surface area contributed by atoms with Crippen molar-refractivity contribution < 1.29 is 14.7 Å². The van der Waals surface area contributed by atoms with Gasteiger partial charge in [0.1, 0.15) is 0 Å². The number of carbonyl (C=O) groups is 2. The van der Waals surface area contributed by atoms with Crippen LogP contribution in [0.3, 0.4) is 0 Å². The van der Waals surface area contributed by atoms with E-state index in [0.717, 1.165) is 0 Å². The van der Waals surface area contributed by atoms with Crippen LogP contribution >= 0.6 is 39.1 Å². The number of anilines is 1. The van der Waals surface area contributed by atoms with E-state index in [1.807, 2.05) is 0 Å². The first-order valence-electron chi connectivity index (χ1n) is 5.67. The van der Waals surface area contributed by atoms with Crippen molar-refractivity contribution in [2.45, 2.75) is 0 Å². The molecule has 0 aromatic heterocycles. The molecule has 108 valence electrons. The molecule has 1 amide bonds. The highest BCUT2D eigenvalue weighted by molar-refractivity contribution is 9.10. The molecule has 7 heteroatoms. The zero-order chi connectivity index (χ0) is 15.6. The van der Waals surface area contributed by atoms with Gasteiger partial charge in [0.2, 0.25) is 0 Å². The van der Waals surface area contributed by atoms with Crippen LogP contribution in [-0.4, -0.2) is 17.0 Å². The summed E-state index contributed by atoms with van der Waals surface area (Å²) < 4.78 is 0.592. The van der Waals surface area contributed by atoms with Gasteiger partial charge in [-0.05, 0) is 46.3 Å². The highest BCUT2D eigenvalue weighted by Crippen LogP contribution is 2.27. The first kappa shape index (κ1) is 15.8. The van der Waals surface area contributed by atoms with Crippen LogP contribution in [-0.2, 0) is 0 Å². The standard InChI is InChI=1S/C14H8BrCl2NO3/c15-11-3-1-2-10(12(11)17)13(19)18-9-5-7(14(20)21)4-8(16)6-9/h1-6H,(H,18,19)(H,20,21). The summed E-state index contributed by atoms with van der Waals surface area (Å²) in [6.45, 7) is 0. The zero-order valence-corrected chi connectivity index (χ0v) is 13.5. The molecule has 0 spiro atoms. The van der Waals surface area contributed by atoms with E-state index in [1.165, 1.54) is 18.2 Å². The third-order valence-electron chi connectivity index (χ3n) is 2.60. The molecule has 0 heterocycles. The third-order valence-corrected chi connectivity index (χ3v) is 4.11. The van der Waals surface area contributed by atoms with E-state index in [1.54, 1.807) is 18.2 Å². The fourth-order valence-corrected chi connectivity index (χ4v) is 2.48. The van der Waals surface area contributed by atoms with E-state index < -0.39 is 11.9 Å². The van der Waals surface area contributed by atoms with E-state index in [4.69, 9.17) is 28.3 Å². The molecule has 0 unspecified atom stereocenters. The largest absolute Gasteiger partial charge is 0.478 e. The monoisotopic (exact) mass is 387 g/mol. The predicted octanol–water partition coefficient (Wildman–Crippen LogP) is 4.71. The van der Waals surface area contributed by atoms with Gasteiger partial charge in [0, 0.05) is 15.2 Å². The van der Waals surface area contributed by atoms with Crippen LogP contribution in [0.25, 0.3) is 0 Å². The van der Waals surface area contributed by atoms with Gasteiger partial charge in [-0.3, -0.25) is 4.79 Å². The van der Waals surface area contributed by atoms with Crippen molar-refractivity contribution in [3.05, 3.63) is 62.0 Å². The van der Waals surface area contributed by atoms with Crippen molar-refractivity contribution in [2.75, 3.05) is 5.32 Å². The Morgan fingerprint density at radius 1 is 1.14 bits per heavy atom. The maximum absolute atomic E-state index is 12.2. The van der Waals surface area contributed by atoms with Gasteiger partial charge in [0.05, 0.1) is 16.1 Å². The molecule has 0 aliphatic carbocycles. The Morgan fingerprint density at radius 2 is 1.86 bits per heavy atom. The Balaban J connectivity index is 2.31. The summed E-state index contributed by atoms with van der Waals surface area (Å²) in [5, 5.41) is 12.0. The number of rotatable bonds is 3. The summed E-state index contributed by atoms with van der Waals surface area (Å²) >= 11 is 15.1. The second kappa shape index (κ2) is 6.47. The van der Waals surface area contributed by atoms with Crippen molar-refractivity contribution in [1.82, 2.24) is 0 Å². The number of carboxylic acids is 1. The number of hydrogen-bond acceptors (Lipinski definition) is 2. The molecule has 2 aromatic carbocycles. The maximum atomic E-state index is 12.2. The third kappa shape index (κ3) is 3.75. The first-order valence-corrected chi connectivity index (χ1v) is 7.22. The number of carboxylic acid groups (broad SMARTS) is 1. The van der Waals surface area contributed by atoms with Gasteiger partial charge < -0.3 is 10.4 Å². The number of aromatic carboxylic acids is 1. The lowest BCUT2D eigenvalue weighted by Gasteiger charge is -2.09. The molecular formula is C14H8BrCl2NO3. The minimum Gasteiger partial charge on any atom is -0.478 e. The second-order valence-electron chi connectivity index (χ2n) is 4.09. The minimum atomic E-state index is -1.13. The van der Waals surface area contributed by atoms with Crippen molar-refractivity contribution in [2.24, 2.45) is 0 Å². The van der Waals surface area contributed by atoms with Gasteiger partial charge in [0.15, 0.2) is 0 Å². The molecular weight excluding hydrogens is 381 g/mol. The van der Waals surface area contributed by atoms with Gasteiger partial charge in [-0.15, -0.1) is 0 Å².